The summed E-state index contributed by atoms with van der Waals surface area (Å²) in [6.45, 7) is 4.86. The highest BCUT2D eigenvalue weighted by Crippen LogP contribution is 2.49. The number of fused-ring (bicyclic) bond motifs is 1. The summed E-state index contributed by atoms with van der Waals surface area (Å²) in [5.41, 5.74) is 0.737. The van der Waals surface area contributed by atoms with Crippen molar-refractivity contribution in [1.82, 2.24) is 4.90 Å². The lowest BCUT2D eigenvalue weighted by atomic mass is 9.85. The normalized spacial score (nSPS) is 20.9. The summed E-state index contributed by atoms with van der Waals surface area (Å²) in [5, 5.41) is 12.7. The molecule has 2 aliphatic heterocycles. The highest BCUT2D eigenvalue weighted by Gasteiger charge is 2.45. The number of aliphatic hydroxyl groups is 1. The van der Waals surface area contributed by atoms with Crippen molar-refractivity contribution in [3.05, 3.63) is 94.2 Å². The van der Waals surface area contributed by atoms with Crippen LogP contribution in [-0.4, -0.2) is 56.6 Å². The van der Waals surface area contributed by atoms with Gasteiger partial charge in [0.1, 0.15) is 29.6 Å². The van der Waals surface area contributed by atoms with E-state index in [1.165, 1.54) is 0 Å². The second-order valence-corrected chi connectivity index (χ2v) is 9.00. The molecule has 3 aromatic rings. The fraction of sp³-hybridized carbons (Fsp3) is 0.286. The second-order valence-electron chi connectivity index (χ2n) is 8.56. The molecule has 1 atom stereocenters. The number of halogens is 1. The lowest BCUT2D eigenvalue weighted by Crippen LogP contribution is -2.38. The molecule has 0 aromatic heterocycles. The third-order valence-electron chi connectivity index (χ3n) is 6.37. The van der Waals surface area contributed by atoms with E-state index in [9.17, 15) is 5.11 Å². The zero-order chi connectivity index (χ0) is 24.3. The largest absolute Gasteiger partial charge is 0.497 e. The molecule has 5 rings (SSSR count). The molecule has 182 valence electrons. The average Bonchev–Trinajstić information content (AvgIpc) is 3.17. The number of hydrogen-bond acceptors (Lipinski definition) is 6. The summed E-state index contributed by atoms with van der Waals surface area (Å²) < 4.78 is 22.9. The fourth-order valence-electron chi connectivity index (χ4n) is 4.39. The number of benzene rings is 3. The molecule has 1 N–H and O–H groups in total. The second kappa shape index (κ2) is 10.3. The Balaban J connectivity index is 1.41. The van der Waals surface area contributed by atoms with E-state index in [1.807, 2.05) is 54.6 Å². The van der Waals surface area contributed by atoms with Crippen LogP contribution < -0.4 is 14.2 Å². The molecule has 0 radical (unpaired) electrons. The summed E-state index contributed by atoms with van der Waals surface area (Å²) in [6.07, 6.45) is 1.83. The molecule has 3 aromatic carbocycles. The van der Waals surface area contributed by atoms with Crippen LogP contribution in [0.4, 0.5) is 0 Å². The summed E-state index contributed by atoms with van der Waals surface area (Å²) in [4.78, 5) is 2.33. The minimum absolute atomic E-state index is 0.407. The van der Waals surface area contributed by atoms with E-state index in [-0.39, 0.29) is 0 Å². The van der Waals surface area contributed by atoms with Crippen molar-refractivity contribution in [2.45, 2.75) is 5.60 Å². The predicted molar refractivity (Wildman–Crippen MR) is 135 cm³/mol. The molecule has 1 saturated heterocycles. The number of ether oxygens (including phenoxy) is 4. The van der Waals surface area contributed by atoms with Crippen LogP contribution in [0.2, 0.25) is 5.02 Å². The quantitative estimate of drug-likeness (QED) is 0.513. The maximum atomic E-state index is 12.1. The number of morpholine rings is 1. The lowest BCUT2D eigenvalue weighted by molar-refractivity contribution is 0.0322. The molecule has 1 fully saturated rings. The van der Waals surface area contributed by atoms with E-state index in [0.717, 1.165) is 44.2 Å². The summed E-state index contributed by atoms with van der Waals surface area (Å²) in [7, 11) is 1.60. The van der Waals surface area contributed by atoms with E-state index in [0.29, 0.717) is 40.0 Å². The maximum absolute atomic E-state index is 12.1. The molecule has 2 aliphatic rings. The Morgan fingerprint density at radius 3 is 2.43 bits per heavy atom. The van der Waals surface area contributed by atoms with Gasteiger partial charge in [-0.05, 0) is 53.6 Å². The maximum Gasteiger partial charge on any atom is 0.176 e. The average molecular weight is 494 g/mol. The van der Waals surface area contributed by atoms with Crippen LogP contribution in [0.3, 0.4) is 0 Å². The Morgan fingerprint density at radius 1 is 1.00 bits per heavy atom. The highest BCUT2D eigenvalue weighted by molar-refractivity contribution is 6.30. The predicted octanol–water partition coefficient (Wildman–Crippen LogP) is 4.73. The first kappa shape index (κ1) is 23.7. The number of rotatable bonds is 7. The Bertz CT molecular complexity index is 1190. The minimum atomic E-state index is -1.46. The van der Waals surface area contributed by atoms with Gasteiger partial charge in [-0.15, -0.1) is 0 Å². The van der Waals surface area contributed by atoms with Crippen LogP contribution >= 0.6 is 11.6 Å². The first-order valence-corrected chi connectivity index (χ1v) is 12.0. The van der Waals surface area contributed by atoms with Crippen molar-refractivity contribution in [1.29, 1.82) is 0 Å². The summed E-state index contributed by atoms with van der Waals surface area (Å²) in [6, 6.07) is 20.3. The molecule has 0 saturated carbocycles. The van der Waals surface area contributed by atoms with Gasteiger partial charge in [0.25, 0.3) is 0 Å². The molecule has 6 nitrogen and oxygen atoms in total. The first-order valence-electron chi connectivity index (χ1n) is 11.7. The smallest absolute Gasteiger partial charge is 0.176 e. The van der Waals surface area contributed by atoms with Crippen molar-refractivity contribution in [2.75, 3.05) is 46.6 Å². The van der Waals surface area contributed by atoms with E-state index in [1.54, 1.807) is 25.3 Å². The molecule has 35 heavy (non-hydrogen) atoms. The molecule has 0 bridgehead atoms. The third kappa shape index (κ3) is 5.02. The van der Waals surface area contributed by atoms with Gasteiger partial charge in [-0.1, -0.05) is 35.9 Å². The van der Waals surface area contributed by atoms with Gasteiger partial charge >= 0.3 is 0 Å². The molecule has 1 unspecified atom stereocenters. The highest BCUT2D eigenvalue weighted by atomic mass is 35.5. The zero-order valence-electron chi connectivity index (χ0n) is 19.6. The van der Waals surface area contributed by atoms with E-state index >= 15 is 0 Å². The standard InChI is InChI=1S/C28H28ClNO5/c1-32-24-10-11-25-26(19-24)35-27(18-20-2-6-22(29)7-3-20)28(25,31)21-4-8-23(9-5-21)34-17-14-30-12-15-33-16-13-30/h2-11,18-19,31H,12-17H2,1H3/b27-18+. The van der Waals surface area contributed by atoms with Crippen molar-refractivity contribution in [3.8, 4) is 17.2 Å². The van der Waals surface area contributed by atoms with Crippen molar-refractivity contribution >= 4 is 17.7 Å². The van der Waals surface area contributed by atoms with Gasteiger partial charge in [-0.2, -0.15) is 0 Å². The lowest BCUT2D eigenvalue weighted by Gasteiger charge is -2.26. The van der Waals surface area contributed by atoms with Gasteiger partial charge in [0.05, 0.1) is 20.3 Å². The first-order chi connectivity index (χ1) is 17.1. The molecular formula is C28H28ClNO5. The molecule has 0 spiro atoms. The SMILES string of the molecule is COc1ccc2c(c1)O/C(=C/c1ccc(Cl)cc1)C2(O)c1ccc(OCCN2CCOCC2)cc1. The van der Waals surface area contributed by atoms with Crippen molar-refractivity contribution < 1.29 is 24.1 Å². The van der Waals surface area contributed by atoms with Gasteiger partial charge < -0.3 is 24.1 Å². The van der Waals surface area contributed by atoms with Crippen LogP contribution in [0.15, 0.2) is 72.5 Å². The van der Waals surface area contributed by atoms with Gasteiger partial charge in [-0.25, -0.2) is 0 Å². The van der Waals surface area contributed by atoms with Crippen molar-refractivity contribution in [2.24, 2.45) is 0 Å². The Hall–Kier alpha value is -3.03. The molecule has 7 heteroatoms. The van der Waals surface area contributed by atoms with Crippen LogP contribution in [0.5, 0.6) is 17.2 Å². The van der Waals surface area contributed by atoms with Crippen LogP contribution in [0, 0.1) is 0 Å². The topological polar surface area (TPSA) is 60.4 Å². The molecular weight excluding hydrogens is 466 g/mol. The van der Waals surface area contributed by atoms with Gasteiger partial charge in [0.15, 0.2) is 5.60 Å². The van der Waals surface area contributed by atoms with Gasteiger partial charge in [0.2, 0.25) is 0 Å². The fourth-order valence-corrected chi connectivity index (χ4v) is 4.52. The number of methoxy groups -OCH3 is 1. The van der Waals surface area contributed by atoms with E-state index in [4.69, 9.17) is 30.5 Å². The third-order valence-corrected chi connectivity index (χ3v) is 6.63. The van der Waals surface area contributed by atoms with Crippen LogP contribution in [-0.2, 0) is 10.3 Å². The Kier molecular flexibility index (Phi) is 6.97. The van der Waals surface area contributed by atoms with Crippen molar-refractivity contribution in [3.63, 3.8) is 0 Å². The number of hydrogen-bond donors (Lipinski definition) is 1. The van der Waals surface area contributed by atoms with E-state index in [2.05, 4.69) is 4.90 Å². The zero-order valence-corrected chi connectivity index (χ0v) is 20.3. The van der Waals surface area contributed by atoms with Gasteiger partial charge in [-0.3, -0.25) is 4.90 Å². The minimum Gasteiger partial charge on any atom is -0.497 e. The van der Waals surface area contributed by atoms with Crippen LogP contribution in [0.25, 0.3) is 6.08 Å². The van der Waals surface area contributed by atoms with Gasteiger partial charge in [0, 0.05) is 36.3 Å². The summed E-state index contributed by atoms with van der Waals surface area (Å²) >= 11 is 6.05. The molecule has 2 heterocycles. The summed E-state index contributed by atoms with van der Waals surface area (Å²) in [5.74, 6) is 2.37. The molecule has 0 amide bonds. The number of nitrogens with zero attached hydrogens (tertiary/aromatic N) is 1. The van der Waals surface area contributed by atoms with Crippen LogP contribution in [0.1, 0.15) is 16.7 Å². The monoisotopic (exact) mass is 493 g/mol. The molecule has 0 aliphatic carbocycles. The Morgan fingerprint density at radius 2 is 1.71 bits per heavy atom. The Labute approximate surface area is 210 Å². The van der Waals surface area contributed by atoms with E-state index < -0.39 is 5.60 Å².